The van der Waals surface area contributed by atoms with Gasteiger partial charge in [-0.15, -0.1) is 0 Å². The van der Waals surface area contributed by atoms with Crippen LogP contribution in [0.3, 0.4) is 0 Å². The largest absolute Gasteiger partial charge is 0.478 e. The van der Waals surface area contributed by atoms with Crippen molar-refractivity contribution in [2.45, 2.75) is 25.3 Å². The van der Waals surface area contributed by atoms with E-state index in [1.165, 1.54) is 12.1 Å². The van der Waals surface area contributed by atoms with Crippen LogP contribution in [0, 0.1) is 0 Å². The second-order valence-corrected chi connectivity index (χ2v) is 5.54. The van der Waals surface area contributed by atoms with Crippen molar-refractivity contribution in [2.75, 3.05) is 0 Å². The zero-order valence-electron chi connectivity index (χ0n) is 12.2. The molecule has 2 aromatic rings. The number of carboxylic acid groups (broad SMARTS) is 1. The first-order valence-electron chi connectivity index (χ1n) is 7.19. The smallest absolute Gasteiger partial charge is 0.335 e. The monoisotopic (exact) mass is 299 g/mol. The number of nitrogens with one attached hydrogen (secondary N) is 1. The van der Waals surface area contributed by atoms with Gasteiger partial charge >= 0.3 is 5.97 Å². The Bertz CT molecular complexity index is 715. The quantitative estimate of drug-likeness (QED) is 0.883. The van der Waals surface area contributed by atoms with Crippen LogP contribution in [0.5, 0.6) is 0 Å². The van der Waals surface area contributed by atoms with Gasteiger partial charge in [-0.2, -0.15) is 5.10 Å². The molecule has 0 atom stereocenters. The van der Waals surface area contributed by atoms with Gasteiger partial charge in [0.1, 0.15) is 5.69 Å². The molecule has 0 bridgehead atoms. The van der Waals surface area contributed by atoms with E-state index in [1.807, 2.05) is 6.07 Å². The van der Waals surface area contributed by atoms with Gasteiger partial charge in [-0.1, -0.05) is 12.1 Å². The standard InChI is InChI=1S/C16H17N3O3/c1-19-14(8-13(18-19)11-6-7-11)15(20)17-9-10-2-4-12(5-3-10)16(21)22/h2-5,8,11H,6-7,9H2,1H3,(H,17,20)(H,21,22). The van der Waals surface area contributed by atoms with Crippen LogP contribution in [-0.2, 0) is 13.6 Å². The van der Waals surface area contributed by atoms with Gasteiger partial charge in [0.15, 0.2) is 0 Å². The molecule has 6 nitrogen and oxygen atoms in total. The maximum atomic E-state index is 12.2. The zero-order chi connectivity index (χ0) is 15.7. The minimum Gasteiger partial charge on any atom is -0.478 e. The molecule has 1 aliphatic carbocycles. The van der Waals surface area contributed by atoms with Gasteiger partial charge in [0.05, 0.1) is 11.3 Å². The number of carbonyl (C=O) groups is 2. The highest BCUT2D eigenvalue weighted by Gasteiger charge is 2.27. The van der Waals surface area contributed by atoms with Gasteiger partial charge in [-0.3, -0.25) is 9.48 Å². The molecule has 0 radical (unpaired) electrons. The number of carbonyl (C=O) groups excluding carboxylic acids is 1. The summed E-state index contributed by atoms with van der Waals surface area (Å²) in [7, 11) is 1.77. The summed E-state index contributed by atoms with van der Waals surface area (Å²) >= 11 is 0. The van der Waals surface area contributed by atoms with Gasteiger partial charge in [0.2, 0.25) is 0 Å². The lowest BCUT2D eigenvalue weighted by Crippen LogP contribution is -2.25. The SMILES string of the molecule is Cn1nc(C2CC2)cc1C(=O)NCc1ccc(C(=O)O)cc1. The molecule has 1 saturated carbocycles. The van der Waals surface area contributed by atoms with Crippen molar-refractivity contribution in [3.63, 3.8) is 0 Å². The van der Waals surface area contributed by atoms with Crippen LogP contribution in [0.25, 0.3) is 0 Å². The van der Waals surface area contributed by atoms with Crippen molar-refractivity contribution in [3.8, 4) is 0 Å². The number of benzene rings is 1. The van der Waals surface area contributed by atoms with Crippen molar-refractivity contribution < 1.29 is 14.7 Å². The number of hydrogen-bond donors (Lipinski definition) is 2. The van der Waals surface area contributed by atoms with Crippen LogP contribution in [0.1, 0.15) is 50.9 Å². The third-order valence-corrected chi connectivity index (χ3v) is 3.78. The molecule has 1 aliphatic rings. The summed E-state index contributed by atoms with van der Waals surface area (Å²) < 4.78 is 1.61. The fourth-order valence-corrected chi connectivity index (χ4v) is 2.32. The summed E-state index contributed by atoms with van der Waals surface area (Å²) in [6.07, 6.45) is 2.29. The summed E-state index contributed by atoms with van der Waals surface area (Å²) in [5, 5.41) is 16.0. The molecule has 3 rings (SSSR count). The van der Waals surface area contributed by atoms with Crippen LogP contribution in [0.4, 0.5) is 0 Å². The topological polar surface area (TPSA) is 84.2 Å². The molecule has 1 amide bonds. The number of aryl methyl sites for hydroxylation is 1. The van der Waals surface area contributed by atoms with Crippen molar-refractivity contribution in [1.82, 2.24) is 15.1 Å². The van der Waals surface area contributed by atoms with Crippen molar-refractivity contribution >= 4 is 11.9 Å². The summed E-state index contributed by atoms with van der Waals surface area (Å²) in [6, 6.07) is 8.30. The molecule has 1 heterocycles. The van der Waals surface area contributed by atoms with Crippen LogP contribution < -0.4 is 5.32 Å². The lowest BCUT2D eigenvalue weighted by molar-refractivity contribution is 0.0696. The van der Waals surface area contributed by atoms with E-state index in [2.05, 4.69) is 10.4 Å². The predicted octanol–water partition coefficient (Wildman–Crippen LogP) is 1.93. The van der Waals surface area contributed by atoms with E-state index in [0.29, 0.717) is 18.2 Å². The fraction of sp³-hybridized carbons (Fsp3) is 0.312. The minimum atomic E-state index is -0.960. The third kappa shape index (κ3) is 3.00. The average molecular weight is 299 g/mol. The highest BCUT2D eigenvalue weighted by molar-refractivity contribution is 5.92. The van der Waals surface area contributed by atoms with Gasteiger partial charge in [-0.05, 0) is 36.6 Å². The number of rotatable bonds is 5. The first-order chi connectivity index (χ1) is 10.5. The van der Waals surface area contributed by atoms with Crippen LogP contribution in [0.2, 0.25) is 0 Å². The van der Waals surface area contributed by atoms with Crippen molar-refractivity contribution in [1.29, 1.82) is 0 Å². The van der Waals surface area contributed by atoms with Gasteiger partial charge < -0.3 is 10.4 Å². The van der Waals surface area contributed by atoms with Crippen LogP contribution >= 0.6 is 0 Å². The molecule has 2 N–H and O–H groups in total. The molecule has 1 aromatic carbocycles. The number of amides is 1. The maximum absolute atomic E-state index is 12.2. The highest BCUT2D eigenvalue weighted by atomic mass is 16.4. The Morgan fingerprint density at radius 2 is 2.00 bits per heavy atom. The lowest BCUT2D eigenvalue weighted by atomic mass is 10.1. The van der Waals surface area contributed by atoms with Gasteiger partial charge in [0.25, 0.3) is 5.91 Å². The number of aromatic nitrogens is 2. The molecule has 22 heavy (non-hydrogen) atoms. The van der Waals surface area contributed by atoms with E-state index < -0.39 is 5.97 Å². The zero-order valence-corrected chi connectivity index (χ0v) is 12.2. The van der Waals surface area contributed by atoms with Crippen molar-refractivity contribution in [3.05, 3.63) is 52.8 Å². The molecule has 1 aromatic heterocycles. The van der Waals surface area contributed by atoms with Crippen LogP contribution in [-0.4, -0.2) is 26.8 Å². The number of nitrogens with zero attached hydrogens (tertiary/aromatic N) is 2. The molecular weight excluding hydrogens is 282 g/mol. The molecule has 1 fully saturated rings. The lowest BCUT2D eigenvalue weighted by Gasteiger charge is -2.05. The van der Waals surface area contributed by atoms with E-state index in [4.69, 9.17) is 5.11 Å². The molecule has 0 aliphatic heterocycles. The van der Waals surface area contributed by atoms with Crippen LogP contribution in [0.15, 0.2) is 30.3 Å². The molecule has 6 heteroatoms. The Hall–Kier alpha value is -2.63. The average Bonchev–Trinajstić information content (AvgIpc) is 3.28. The summed E-state index contributed by atoms with van der Waals surface area (Å²) in [6.45, 7) is 0.350. The minimum absolute atomic E-state index is 0.177. The van der Waals surface area contributed by atoms with Gasteiger partial charge in [-0.25, -0.2) is 4.79 Å². The second kappa shape index (κ2) is 5.63. The van der Waals surface area contributed by atoms with E-state index in [0.717, 1.165) is 24.1 Å². The summed E-state index contributed by atoms with van der Waals surface area (Å²) in [5.41, 5.74) is 2.61. The Labute approximate surface area is 127 Å². The number of aromatic carboxylic acids is 1. The molecule has 0 unspecified atom stereocenters. The Balaban J connectivity index is 1.63. The molecule has 0 spiro atoms. The third-order valence-electron chi connectivity index (χ3n) is 3.78. The van der Waals surface area contributed by atoms with E-state index in [1.54, 1.807) is 23.9 Å². The fourth-order valence-electron chi connectivity index (χ4n) is 2.32. The predicted molar refractivity (Wildman–Crippen MR) is 79.8 cm³/mol. The first kappa shape index (κ1) is 14.3. The van der Waals surface area contributed by atoms with Crippen molar-refractivity contribution in [2.24, 2.45) is 7.05 Å². The second-order valence-electron chi connectivity index (χ2n) is 5.54. The molecule has 0 saturated heterocycles. The highest BCUT2D eigenvalue weighted by Crippen LogP contribution is 2.39. The normalized spacial score (nSPS) is 13.9. The van der Waals surface area contributed by atoms with E-state index >= 15 is 0 Å². The molecule has 114 valence electrons. The Morgan fingerprint density at radius 3 is 2.59 bits per heavy atom. The summed E-state index contributed by atoms with van der Waals surface area (Å²) in [4.78, 5) is 23.0. The number of hydrogen-bond acceptors (Lipinski definition) is 3. The van der Waals surface area contributed by atoms with E-state index in [9.17, 15) is 9.59 Å². The van der Waals surface area contributed by atoms with Gasteiger partial charge in [0, 0.05) is 19.5 Å². The summed E-state index contributed by atoms with van der Waals surface area (Å²) in [5.74, 6) is -0.626. The Kier molecular flexibility index (Phi) is 3.66. The first-order valence-corrected chi connectivity index (χ1v) is 7.19. The maximum Gasteiger partial charge on any atom is 0.335 e. The Morgan fingerprint density at radius 1 is 1.32 bits per heavy atom. The molecular formula is C16H17N3O3. The number of carboxylic acids is 1. The van der Waals surface area contributed by atoms with E-state index in [-0.39, 0.29) is 11.5 Å².